The van der Waals surface area contributed by atoms with E-state index < -0.39 is 0 Å². The van der Waals surface area contributed by atoms with Gasteiger partial charge in [-0.05, 0) is 12.5 Å². The first kappa shape index (κ1) is 6.34. The molecule has 0 unspecified atom stereocenters. The average molecular weight is 147 g/mol. The standard InChI is InChI=1S/C8H9N3/c1-7-3-2-4-8-9-6-10-11(8)5-7/h2-3,5-6H,4H2,1H3. The monoisotopic (exact) mass is 147 g/mol. The highest BCUT2D eigenvalue weighted by atomic mass is 15.3. The zero-order valence-electron chi connectivity index (χ0n) is 6.36. The molecule has 11 heavy (non-hydrogen) atoms. The fourth-order valence-corrected chi connectivity index (χ4v) is 1.11. The highest BCUT2D eigenvalue weighted by Gasteiger charge is 2.01. The molecule has 1 aliphatic heterocycles. The predicted molar refractivity (Wildman–Crippen MR) is 42.8 cm³/mol. The molecular weight excluding hydrogens is 138 g/mol. The summed E-state index contributed by atoms with van der Waals surface area (Å²) in [4.78, 5) is 4.11. The zero-order valence-corrected chi connectivity index (χ0v) is 6.36. The molecule has 0 bridgehead atoms. The molecule has 0 amide bonds. The number of allylic oxidation sites excluding steroid dienone is 3. The van der Waals surface area contributed by atoms with E-state index >= 15 is 0 Å². The number of hydrogen-bond acceptors (Lipinski definition) is 2. The zero-order chi connectivity index (χ0) is 7.68. The van der Waals surface area contributed by atoms with Crippen molar-refractivity contribution in [3.05, 3.63) is 29.9 Å². The molecule has 0 aliphatic carbocycles. The van der Waals surface area contributed by atoms with E-state index in [1.807, 2.05) is 17.8 Å². The second-order valence-electron chi connectivity index (χ2n) is 2.60. The lowest BCUT2D eigenvalue weighted by Gasteiger charge is -1.93. The van der Waals surface area contributed by atoms with Crippen LogP contribution in [0.5, 0.6) is 0 Å². The molecule has 1 aromatic rings. The number of aromatic nitrogens is 3. The molecule has 1 aromatic heterocycles. The Morgan fingerprint density at radius 3 is 3.36 bits per heavy atom. The van der Waals surface area contributed by atoms with E-state index in [1.54, 1.807) is 6.33 Å². The molecule has 3 nitrogen and oxygen atoms in total. The Bertz CT molecular complexity index is 320. The van der Waals surface area contributed by atoms with Crippen LogP contribution in [0.2, 0.25) is 0 Å². The quantitative estimate of drug-likeness (QED) is 0.553. The third-order valence-corrected chi connectivity index (χ3v) is 1.65. The summed E-state index contributed by atoms with van der Waals surface area (Å²) in [6.45, 7) is 2.05. The molecule has 0 saturated carbocycles. The normalized spacial score (nSPS) is 15.5. The van der Waals surface area contributed by atoms with Crippen molar-refractivity contribution in [3.63, 3.8) is 0 Å². The van der Waals surface area contributed by atoms with Crippen molar-refractivity contribution in [2.45, 2.75) is 13.3 Å². The largest absolute Gasteiger partial charge is 0.225 e. The van der Waals surface area contributed by atoms with Gasteiger partial charge in [0.2, 0.25) is 0 Å². The Hall–Kier alpha value is -1.38. The number of rotatable bonds is 0. The fourth-order valence-electron chi connectivity index (χ4n) is 1.11. The van der Waals surface area contributed by atoms with Crippen LogP contribution in [-0.2, 0) is 6.42 Å². The Balaban J connectivity index is 2.52. The highest BCUT2D eigenvalue weighted by molar-refractivity contribution is 5.38. The minimum Gasteiger partial charge on any atom is -0.225 e. The Labute approximate surface area is 65.1 Å². The first-order valence-corrected chi connectivity index (χ1v) is 3.59. The summed E-state index contributed by atoms with van der Waals surface area (Å²) in [5, 5.41) is 4.06. The van der Waals surface area contributed by atoms with E-state index in [0.717, 1.165) is 12.2 Å². The van der Waals surface area contributed by atoms with Crippen molar-refractivity contribution in [2.24, 2.45) is 0 Å². The molecule has 56 valence electrons. The van der Waals surface area contributed by atoms with Crippen LogP contribution in [0.25, 0.3) is 6.20 Å². The van der Waals surface area contributed by atoms with Crippen LogP contribution in [0, 0.1) is 0 Å². The maximum atomic E-state index is 4.11. The molecule has 0 radical (unpaired) electrons. The Kier molecular flexibility index (Phi) is 1.35. The van der Waals surface area contributed by atoms with Gasteiger partial charge in [0.15, 0.2) is 0 Å². The average Bonchev–Trinajstić information content (AvgIpc) is 2.31. The van der Waals surface area contributed by atoms with Crippen molar-refractivity contribution < 1.29 is 0 Å². The van der Waals surface area contributed by atoms with E-state index in [4.69, 9.17) is 0 Å². The van der Waals surface area contributed by atoms with Crippen LogP contribution < -0.4 is 0 Å². The molecule has 1 aliphatic rings. The van der Waals surface area contributed by atoms with Crippen LogP contribution in [0.4, 0.5) is 0 Å². The second-order valence-corrected chi connectivity index (χ2v) is 2.60. The second kappa shape index (κ2) is 2.34. The summed E-state index contributed by atoms with van der Waals surface area (Å²) in [5.74, 6) is 0.998. The molecule has 2 rings (SSSR count). The van der Waals surface area contributed by atoms with E-state index in [1.165, 1.54) is 5.57 Å². The van der Waals surface area contributed by atoms with Gasteiger partial charge >= 0.3 is 0 Å². The van der Waals surface area contributed by atoms with Gasteiger partial charge in [-0.2, -0.15) is 5.10 Å². The molecule has 0 atom stereocenters. The lowest BCUT2D eigenvalue weighted by Crippen LogP contribution is -1.95. The van der Waals surface area contributed by atoms with Crippen molar-refractivity contribution in [3.8, 4) is 0 Å². The summed E-state index contributed by atoms with van der Waals surface area (Å²) in [5.41, 5.74) is 1.20. The Morgan fingerprint density at radius 2 is 2.45 bits per heavy atom. The highest BCUT2D eigenvalue weighted by Crippen LogP contribution is 2.07. The molecule has 2 heterocycles. The van der Waals surface area contributed by atoms with E-state index in [-0.39, 0.29) is 0 Å². The molecule has 0 saturated heterocycles. The van der Waals surface area contributed by atoms with Gasteiger partial charge in [-0.15, -0.1) is 0 Å². The van der Waals surface area contributed by atoms with Crippen molar-refractivity contribution in [1.29, 1.82) is 0 Å². The molecule has 0 N–H and O–H groups in total. The molecular formula is C8H9N3. The van der Waals surface area contributed by atoms with Crippen LogP contribution in [0.3, 0.4) is 0 Å². The van der Waals surface area contributed by atoms with E-state index in [2.05, 4.69) is 22.2 Å². The fraction of sp³-hybridized carbons (Fsp3) is 0.250. The first-order valence-electron chi connectivity index (χ1n) is 3.59. The molecule has 0 spiro atoms. The summed E-state index contributed by atoms with van der Waals surface area (Å²) in [6.07, 6.45) is 8.60. The van der Waals surface area contributed by atoms with Crippen molar-refractivity contribution in [1.82, 2.24) is 14.8 Å². The minimum atomic E-state index is 0.869. The Morgan fingerprint density at radius 1 is 1.55 bits per heavy atom. The van der Waals surface area contributed by atoms with E-state index in [0.29, 0.717) is 0 Å². The van der Waals surface area contributed by atoms with Crippen LogP contribution in [0.15, 0.2) is 24.1 Å². The summed E-state index contributed by atoms with van der Waals surface area (Å²) < 4.78 is 1.81. The van der Waals surface area contributed by atoms with Crippen LogP contribution >= 0.6 is 0 Å². The van der Waals surface area contributed by atoms with Gasteiger partial charge in [-0.25, -0.2) is 9.67 Å². The predicted octanol–water partition coefficient (Wildman–Crippen LogP) is 1.25. The number of hydrogen-bond donors (Lipinski definition) is 0. The summed E-state index contributed by atoms with van der Waals surface area (Å²) in [6, 6.07) is 0. The van der Waals surface area contributed by atoms with Gasteiger partial charge in [-0.1, -0.05) is 12.2 Å². The van der Waals surface area contributed by atoms with Gasteiger partial charge < -0.3 is 0 Å². The van der Waals surface area contributed by atoms with Crippen molar-refractivity contribution >= 4 is 6.20 Å². The third kappa shape index (κ3) is 1.09. The molecule has 0 fully saturated rings. The number of fused-ring (bicyclic) bond motifs is 1. The van der Waals surface area contributed by atoms with Gasteiger partial charge in [0, 0.05) is 12.6 Å². The van der Waals surface area contributed by atoms with Gasteiger partial charge in [0.1, 0.15) is 12.2 Å². The lowest BCUT2D eigenvalue weighted by atomic mass is 10.3. The lowest BCUT2D eigenvalue weighted by molar-refractivity contribution is 0.866. The maximum Gasteiger partial charge on any atom is 0.138 e. The third-order valence-electron chi connectivity index (χ3n) is 1.65. The molecule has 0 aromatic carbocycles. The van der Waals surface area contributed by atoms with Crippen molar-refractivity contribution in [2.75, 3.05) is 0 Å². The smallest absolute Gasteiger partial charge is 0.138 e. The topological polar surface area (TPSA) is 30.7 Å². The van der Waals surface area contributed by atoms with E-state index in [9.17, 15) is 0 Å². The molecule has 3 heteroatoms. The maximum absolute atomic E-state index is 4.11. The van der Waals surface area contributed by atoms with Gasteiger partial charge in [0.25, 0.3) is 0 Å². The van der Waals surface area contributed by atoms with Crippen LogP contribution in [-0.4, -0.2) is 14.8 Å². The first-order chi connectivity index (χ1) is 5.36. The summed E-state index contributed by atoms with van der Waals surface area (Å²) in [7, 11) is 0. The minimum absolute atomic E-state index is 0.869. The van der Waals surface area contributed by atoms with Gasteiger partial charge in [0.05, 0.1) is 0 Å². The van der Waals surface area contributed by atoms with Gasteiger partial charge in [-0.3, -0.25) is 0 Å². The van der Waals surface area contributed by atoms with Crippen LogP contribution in [0.1, 0.15) is 12.7 Å². The number of nitrogens with zero attached hydrogens (tertiary/aromatic N) is 3. The summed E-state index contributed by atoms with van der Waals surface area (Å²) >= 11 is 0. The SMILES string of the molecule is CC1=Cn2ncnc2CC=C1.